The molecule has 0 bridgehead atoms. The highest BCUT2D eigenvalue weighted by atomic mass is 32.1. The van der Waals surface area contributed by atoms with Crippen molar-refractivity contribution < 1.29 is 9.59 Å². The first-order valence-electron chi connectivity index (χ1n) is 9.75. The number of nitrogens with one attached hydrogen (secondary N) is 1. The smallest absolute Gasteiger partial charge is 0.268 e. The minimum absolute atomic E-state index is 0.0111. The van der Waals surface area contributed by atoms with Crippen LogP contribution in [0.1, 0.15) is 50.5 Å². The van der Waals surface area contributed by atoms with Gasteiger partial charge in [0.25, 0.3) is 11.8 Å². The zero-order chi connectivity index (χ0) is 20.4. The second-order valence-electron chi connectivity index (χ2n) is 7.20. The molecule has 2 amide bonds. The monoisotopic (exact) mass is 425 g/mol. The third-order valence-corrected chi connectivity index (χ3v) is 7.40. The van der Waals surface area contributed by atoms with Crippen molar-refractivity contribution in [3.05, 3.63) is 57.5 Å². The maximum Gasteiger partial charge on any atom is 0.268 e. The molecule has 1 fully saturated rings. The summed E-state index contributed by atoms with van der Waals surface area (Å²) in [5.41, 5.74) is 4.96. The van der Waals surface area contributed by atoms with Gasteiger partial charge in [-0.15, -0.1) is 22.7 Å². The normalized spacial score (nSPS) is 14.1. The van der Waals surface area contributed by atoms with Gasteiger partial charge in [0.15, 0.2) is 0 Å². The fraction of sp³-hybridized carbons (Fsp3) is 0.318. The first-order valence-corrected chi connectivity index (χ1v) is 11.5. The van der Waals surface area contributed by atoms with E-state index in [-0.39, 0.29) is 11.8 Å². The van der Waals surface area contributed by atoms with Crippen LogP contribution in [-0.4, -0.2) is 34.8 Å². The van der Waals surface area contributed by atoms with Gasteiger partial charge in [-0.3, -0.25) is 9.59 Å². The summed E-state index contributed by atoms with van der Waals surface area (Å²) in [5, 5.41) is 3.63. The van der Waals surface area contributed by atoms with E-state index < -0.39 is 0 Å². The molecule has 0 atom stereocenters. The van der Waals surface area contributed by atoms with Crippen molar-refractivity contribution in [2.24, 2.45) is 0 Å². The second kappa shape index (κ2) is 8.47. The maximum absolute atomic E-state index is 13.4. The molecule has 3 aromatic rings. The number of aryl methyl sites for hydroxylation is 1. The molecule has 0 saturated carbocycles. The van der Waals surface area contributed by atoms with Crippen LogP contribution in [0.15, 0.2) is 35.8 Å². The van der Waals surface area contributed by atoms with Crippen molar-refractivity contribution in [3.8, 4) is 10.4 Å². The van der Waals surface area contributed by atoms with Crippen molar-refractivity contribution in [2.75, 3.05) is 18.4 Å². The van der Waals surface area contributed by atoms with Gasteiger partial charge in [-0.05, 0) is 44.2 Å². The number of amides is 2. The van der Waals surface area contributed by atoms with Gasteiger partial charge >= 0.3 is 0 Å². The minimum Gasteiger partial charge on any atom is -0.339 e. The van der Waals surface area contributed by atoms with E-state index in [4.69, 9.17) is 0 Å². The Kier molecular flexibility index (Phi) is 5.78. The molecule has 0 aliphatic carbocycles. The molecule has 1 saturated heterocycles. The zero-order valence-corrected chi connectivity index (χ0v) is 18.2. The van der Waals surface area contributed by atoms with Crippen LogP contribution in [0.5, 0.6) is 0 Å². The fourth-order valence-corrected chi connectivity index (χ4v) is 5.56. The van der Waals surface area contributed by atoms with Crippen LogP contribution in [0.2, 0.25) is 0 Å². The van der Waals surface area contributed by atoms with Crippen molar-refractivity contribution in [2.45, 2.75) is 33.1 Å². The molecule has 1 aliphatic heterocycles. The Morgan fingerprint density at radius 3 is 2.45 bits per heavy atom. The Morgan fingerprint density at radius 1 is 1.07 bits per heavy atom. The van der Waals surface area contributed by atoms with E-state index >= 15 is 0 Å². The maximum atomic E-state index is 13.4. The Morgan fingerprint density at radius 2 is 1.79 bits per heavy atom. The number of rotatable bonds is 4. The number of carbonyl (C=O) groups excluding carboxylic acids is 2. The van der Waals surface area contributed by atoms with Gasteiger partial charge in [0.05, 0.1) is 16.8 Å². The number of likely N-dealkylation sites (tertiary alicyclic amines) is 1. The van der Waals surface area contributed by atoms with Gasteiger partial charge in [-0.25, -0.2) is 4.98 Å². The summed E-state index contributed by atoms with van der Waals surface area (Å²) in [5.74, 6) is -0.199. The fourth-order valence-electron chi connectivity index (χ4n) is 3.66. The number of aromatic nitrogens is 1. The highest BCUT2D eigenvalue weighted by Gasteiger charge is 2.28. The Hall–Kier alpha value is -2.51. The van der Waals surface area contributed by atoms with Crippen LogP contribution in [0, 0.1) is 13.8 Å². The van der Waals surface area contributed by atoms with Gasteiger partial charge in [0.2, 0.25) is 0 Å². The molecular weight excluding hydrogens is 402 g/mol. The van der Waals surface area contributed by atoms with Gasteiger partial charge in [-0.1, -0.05) is 30.3 Å². The summed E-state index contributed by atoms with van der Waals surface area (Å²) < 4.78 is 0. The zero-order valence-electron chi connectivity index (χ0n) is 16.5. The van der Waals surface area contributed by atoms with Gasteiger partial charge < -0.3 is 10.2 Å². The van der Waals surface area contributed by atoms with Crippen molar-refractivity contribution >= 4 is 39.5 Å². The number of thiazole rings is 1. The van der Waals surface area contributed by atoms with Crippen molar-refractivity contribution in [1.29, 1.82) is 0 Å². The summed E-state index contributed by atoms with van der Waals surface area (Å²) >= 11 is 2.78. The molecular formula is C22H23N3O2S2. The molecule has 0 spiro atoms. The summed E-state index contributed by atoms with van der Waals surface area (Å²) in [6, 6.07) is 10.0. The summed E-state index contributed by atoms with van der Waals surface area (Å²) in [6.45, 7) is 5.34. The van der Waals surface area contributed by atoms with Gasteiger partial charge in [-0.2, -0.15) is 0 Å². The quantitative estimate of drug-likeness (QED) is 0.611. The molecule has 4 rings (SSSR count). The predicted molar refractivity (Wildman–Crippen MR) is 119 cm³/mol. The number of nitrogens with zero attached hydrogens (tertiary/aromatic N) is 2. The molecule has 1 aliphatic rings. The third kappa shape index (κ3) is 3.97. The second-order valence-corrected chi connectivity index (χ2v) is 9.08. The van der Waals surface area contributed by atoms with Crippen LogP contribution in [0.4, 0.5) is 5.00 Å². The van der Waals surface area contributed by atoms with Gasteiger partial charge in [0, 0.05) is 18.0 Å². The SMILES string of the molecule is Cc1ncsc1C(=O)Nc1sc(-c2ccccc2)c(C)c1C(=O)N1CCCCC1. The molecule has 0 radical (unpaired) electrons. The molecule has 1 N–H and O–H groups in total. The first kappa shape index (κ1) is 19.8. The molecule has 5 nitrogen and oxygen atoms in total. The number of hydrogen-bond donors (Lipinski definition) is 1. The van der Waals surface area contributed by atoms with E-state index in [0.29, 0.717) is 21.1 Å². The molecule has 0 unspecified atom stereocenters. The van der Waals surface area contributed by atoms with Crippen LogP contribution < -0.4 is 5.32 Å². The lowest BCUT2D eigenvalue weighted by atomic mass is 10.0. The Balaban J connectivity index is 1.74. The average Bonchev–Trinajstić information content (AvgIpc) is 3.32. The number of anilines is 1. The van der Waals surface area contributed by atoms with E-state index in [1.54, 1.807) is 5.51 Å². The molecule has 29 heavy (non-hydrogen) atoms. The van der Waals surface area contributed by atoms with Crippen LogP contribution in [0.3, 0.4) is 0 Å². The Labute approximate surface area is 178 Å². The average molecular weight is 426 g/mol. The Bertz CT molecular complexity index is 1030. The number of thiophene rings is 1. The van der Waals surface area contributed by atoms with E-state index in [9.17, 15) is 9.59 Å². The molecule has 7 heteroatoms. The molecule has 3 heterocycles. The van der Waals surface area contributed by atoms with E-state index in [2.05, 4.69) is 10.3 Å². The van der Waals surface area contributed by atoms with E-state index in [0.717, 1.165) is 48.4 Å². The topological polar surface area (TPSA) is 62.3 Å². The number of carbonyl (C=O) groups is 2. The van der Waals surface area contributed by atoms with E-state index in [1.165, 1.54) is 22.7 Å². The predicted octanol–water partition coefficient (Wildman–Crippen LogP) is 5.37. The lowest BCUT2D eigenvalue weighted by molar-refractivity contribution is 0.0725. The standard InChI is InChI=1S/C22H23N3O2S2/c1-14-17(22(27)25-11-7-4-8-12-25)21(24-20(26)19-15(2)23-13-28-19)29-18(14)16-9-5-3-6-10-16/h3,5-6,9-10,13H,4,7-8,11-12H2,1-2H3,(H,24,26). The summed E-state index contributed by atoms with van der Waals surface area (Å²) in [6.07, 6.45) is 3.22. The molecule has 2 aromatic heterocycles. The molecule has 150 valence electrons. The van der Waals surface area contributed by atoms with E-state index in [1.807, 2.05) is 49.1 Å². The highest BCUT2D eigenvalue weighted by molar-refractivity contribution is 7.20. The lowest BCUT2D eigenvalue weighted by Crippen LogP contribution is -2.36. The van der Waals surface area contributed by atoms with Crippen molar-refractivity contribution in [1.82, 2.24) is 9.88 Å². The largest absolute Gasteiger partial charge is 0.339 e. The lowest BCUT2D eigenvalue weighted by Gasteiger charge is -2.27. The highest BCUT2D eigenvalue weighted by Crippen LogP contribution is 2.41. The summed E-state index contributed by atoms with van der Waals surface area (Å²) in [7, 11) is 0. The number of hydrogen-bond acceptors (Lipinski definition) is 5. The summed E-state index contributed by atoms with van der Waals surface area (Å²) in [4.78, 5) is 33.9. The molecule has 1 aromatic carbocycles. The minimum atomic E-state index is -0.210. The first-order chi connectivity index (χ1) is 14.1. The van der Waals surface area contributed by atoms with Crippen molar-refractivity contribution in [3.63, 3.8) is 0 Å². The van der Waals surface area contributed by atoms with Crippen LogP contribution in [0.25, 0.3) is 10.4 Å². The third-order valence-electron chi connectivity index (χ3n) is 5.22. The number of piperidine rings is 1. The van der Waals surface area contributed by atoms with Gasteiger partial charge in [0.1, 0.15) is 9.88 Å². The number of benzene rings is 1. The van der Waals surface area contributed by atoms with Crippen LogP contribution in [-0.2, 0) is 0 Å². The van der Waals surface area contributed by atoms with Crippen LogP contribution >= 0.6 is 22.7 Å².